The number of carbonyl (C=O) groups is 1. The fourth-order valence-corrected chi connectivity index (χ4v) is 0.719. The molecule has 0 spiro atoms. The Morgan fingerprint density at radius 2 is 1.50 bits per heavy atom. The fraction of sp³-hybridized carbons (Fsp3) is 0. The molecule has 0 saturated carbocycles. The number of phenolic OH excluding ortho intramolecular Hbond substituents is 2. The van der Waals surface area contributed by atoms with E-state index in [2.05, 4.69) is 0 Å². The summed E-state index contributed by atoms with van der Waals surface area (Å²) in [7, 11) is 0. The minimum absolute atomic E-state index is 0. The Hall–Kier alpha value is -1.75. The smallest absolute Gasteiger partial charge is 0.335 e. The van der Waals surface area contributed by atoms with Crippen LogP contribution in [0.5, 0.6) is 11.5 Å². The average molecular weight is 172 g/mol. The van der Waals surface area contributed by atoms with Gasteiger partial charge in [-0.3, -0.25) is 0 Å². The largest absolute Gasteiger partial charge is 0.508 e. The topological polar surface area (TPSA) is 109 Å². The maximum atomic E-state index is 10.3. The summed E-state index contributed by atoms with van der Waals surface area (Å²) in [4.78, 5) is 10.3. The molecular formula is C7H8O5. The molecule has 0 amide bonds. The lowest BCUT2D eigenvalue weighted by Gasteiger charge is -1.96. The molecule has 0 aliphatic carbocycles. The molecule has 0 fully saturated rings. The summed E-state index contributed by atoms with van der Waals surface area (Å²) in [5.74, 6) is -1.71. The Morgan fingerprint density at radius 3 is 1.83 bits per heavy atom. The van der Waals surface area contributed by atoms with Crippen molar-refractivity contribution in [3.63, 3.8) is 0 Å². The second kappa shape index (κ2) is 3.59. The third kappa shape index (κ3) is 2.14. The second-order valence-corrected chi connectivity index (χ2v) is 2.04. The number of carboxylic acids is 1. The molecule has 5 N–H and O–H groups in total. The number of carboxylic acid groups (broad SMARTS) is 1. The van der Waals surface area contributed by atoms with E-state index in [1.54, 1.807) is 0 Å². The van der Waals surface area contributed by atoms with E-state index in [0.29, 0.717) is 0 Å². The van der Waals surface area contributed by atoms with Gasteiger partial charge >= 0.3 is 5.97 Å². The number of benzene rings is 1. The monoisotopic (exact) mass is 172 g/mol. The van der Waals surface area contributed by atoms with Gasteiger partial charge in [0.25, 0.3) is 0 Å². The van der Waals surface area contributed by atoms with Crippen molar-refractivity contribution in [3.05, 3.63) is 23.8 Å². The molecule has 1 rings (SSSR count). The van der Waals surface area contributed by atoms with Gasteiger partial charge in [0.05, 0.1) is 5.56 Å². The normalized spacial score (nSPS) is 8.67. The highest BCUT2D eigenvalue weighted by Crippen LogP contribution is 2.19. The third-order valence-electron chi connectivity index (χ3n) is 1.15. The molecule has 12 heavy (non-hydrogen) atoms. The molecule has 0 aliphatic heterocycles. The molecule has 1 aromatic carbocycles. The first-order chi connectivity index (χ1) is 5.09. The molecule has 0 saturated heterocycles. The molecule has 0 heterocycles. The van der Waals surface area contributed by atoms with Crippen LogP contribution in [0, 0.1) is 0 Å². The van der Waals surface area contributed by atoms with Crippen molar-refractivity contribution >= 4 is 5.97 Å². The number of hydrogen-bond donors (Lipinski definition) is 3. The van der Waals surface area contributed by atoms with Gasteiger partial charge in [-0.05, 0) is 12.1 Å². The predicted molar refractivity (Wildman–Crippen MR) is 40.3 cm³/mol. The molecule has 0 aliphatic rings. The van der Waals surface area contributed by atoms with E-state index >= 15 is 0 Å². The van der Waals surface area contributed by atoms with Gasteiger partial charge < -0.3 is 20.8 Å². The van der Waals surface area contributed by atoms with Crippen LogP contribution in [-0.4, -0.2) is 26.8 Å². The highest BCUT2D eigenvalue weighted by Gasteiger charge is 2.04. The van der Waals surface area contributed by atoms with Gasteiger partial charge in [0.2, 0.25) is 0 Å². The van der Waals surface area contributed by atoms with Crippen LogP contribution in [0.25, 0.3) is 0 Å². The number of hydrogen-bond acceptors (Lipinski definition) is 3. The lowest BCUT2D eigenvalue weighted by molar-refractivity contribution is 0.0696. The summed E-state index contributed by atoms with van der Waals surface area (Å²) in [5, 5.41) is 26.1. The molecular weight excluding hydrogens is 164 g/mol. The van der Waals surface area contributed by atoms with Crippen LogP contribution in [0.4, 0.5) is 0 Å². The van der Waals surface area contributed by atoms with Crippen LogP contribution >= 0.6 is 0 Å². The maximum Gasteiger partial charge on any atom is 0.335 e. The van der Waals surface area contributed by atoms with Crippen molar-refractivity contribution in [2.45, 2.75) is 0 Å². The minimum Gasteiger partial charge on any atom is -0.508 e. The first-order valence-electron chi connectivity index (χ1n) is 2.86. The average Bonchev–Trinajstić information content (AvgIpc) is 1.85. The molecule has 1 aromatic rings. The quantitative estimate of drug-likeness (QED) is 0.552. The maximum absolute atomic E-state index is 10.3. The van der Waals surface area contributed by atoms with Crippen molar-refractivity contribution in [3.8, 4) is 11.5 Å². The summed E-state index contributed by atoms with van der Waals surface area (Å²) in [6.45, 7) is 0. The highest BCUT2D eigenvalue weighted by molar-refractivity contribution is 5.88. The Kier molecular flexibility index (Phi) is 3.06. The van der Waals surface area contributed by atoms with Crippen LogP contribution in [0.3, 0.4) is 0 Å². The summed E-state index contributed by atoms with van der Waals surface area (Å²) in [5.41, 5.74) is -0.137. The van der Waals surface area contributed by atoms with E-state index in [9.17, 15) is 4.79 Å². The molecule has 0 unspecified atom stereocenters. The van der Waals surface area contributed by atoms with Crippen LogP contribution < -0.4 is 0 Å². The zero-order chi connectivity index (χ0) is 8.43. The second-order valence-electron chi connectivity index (χ2n) is 2.04. The number of aromatic carboxylic acids is 1. The number of rotatable bonds is 1. The first-order valence-corrected chi connectivity index (χ1v) is 2.86. The van der Waals surface area contributed by atoms with E-state index in [0.717, 1.165) is 18.2 Å². The van der Waals surface area contributed by atoms with Crippen LogP contribution in [0.2, 0.25) is 0 Å². The van der Waals surface area contributed by atoms with Gasteiger partial charge in [-0.2, -0.15) is 0 Å². The zero-order valence-electron chi connectivity index (χ0n) is 5.98. The van der Waals surface area contributed by atoms with Crippen molar-refractivity contribution in [1.29, 1.82) is 0 Å². The lowest BCUT2D eigenvalue weighted by atomic mass is 10.2. The Bertz CT molecular complexity index is 274. The predicted octanol–water partition coefficient (Wildman–Crippen LogP) is -0.0287. The molecule has 0 atom stereocenters. The molecule has 5 nitrogen and oxygen atoms in total. The Balaban J connectivity index is 0.00000121. The van der Waals surface area contributed by atoms with Crippen LogP contribution in [0.15, 0.2) is 18.2 Å². The fourth-order valence-electron chi connectivity index (χ4n) is 0.719. The van der Waals surface area contributed by atoms with Crippen LogP contribution in [-0.2, 0) is 0 Å². The lowest BCUT2D eigenvalue weighted by Crippen LogP contribution is -1.94. The molecule has 0 bridgehead atoms. The van der Waals surface area contributed by atoms with E-state index in [-0.39, 0.29) is 22.5 Å². The van der Waals surface area contributed by atoms with Gasteiger partial charge in [0.15, 0.2) is 0 Å². The Morgan fingerprint density at radius 1 is 1.08 bits per heavy atom. The standard InChI is InChI=1S/C7H6O4.H2O/c8-5-1-4(7(10)11)2-6(9)3-5;/h1-3,8-9H,(H,10,11);1H2. The third-order valence-corrected chi connectivity index (χ3v) is 1.15. The van der Waals surface area contributed by atoms with Gasteiger partial charge in [0, 0.05) is 6.07 Å². The van der Waals surface area contributed by atoms with E-state index < -0.39 is 5.97 Å². The van der Waals surface area contributed by atoms with Crippen LogP contribution in [0.1, 0.15) is 10.4 Å². The molecule has 5 heteroatoms. The summed E-state index contributed by atoms with van der Waals surface area (Å²) in [6, 6.07) is 3.18. The van der Waals surface area contributed by atoms with E-state index in [4.69, 9.17) is 15.3 Å². The summed E-state index contributed by atoms with van der Waals surface area (Å²) < 4.78 is 0. The van der Waals surface area contributed by atoms with Crippen molar-refractivity contribution in [2.75, 3.05) is 0 Å². The highest BCUT2D eigenvalue weighted by atomic mass is 16.4. The van der Waals surface area contributed by atoms with E-state index in [1.165, 1.54) is 0 Å². The number of phenols is 2. The van der Waals surface area contributed by atoms with E-state index in [1.807, 2.05) is 0 Å². The minimum atomic E-state index is -1.18. The SMILES string of the molecule is O.O=C(O)c1cc(O)cc(O)c1. The Labute approximate surface area is 67.8 Å². The van der Waals surface area contributed by atoms with Gasteiger partial charge in [-0.25, -0.2) is 4.79 Å². The molecule has 0 aromatic heterocycles. The first kappa shape index (κ1) is 10.2. The molecule has 66 valence electrons. The summed E-state index contributed by atoms with van der Waals surface area (Å²) in [6.07, 6.45) is 0. The number of aromatic hydroxyl groups is 2. The van der Waals surface area contributed by atoms with Crippen molar-refractivity contribution in [2.24, 2.45) is 0 Å². The van der Waals surface area contributed by atoms with Gasteiger partial charge in [-0.15, -0.1) is 0 Å². The van der Waals surface area contributed by atoms with Crippen molar-refractivity contribution in [1.82, 2.24) is 0 Å². The zero-order valence-corrected chi connectivity index (χ0v) is 5.98. The van der Waals surface area contributed by atoms with Gasteiger partial charge in [0.1, 0.15) is 11.5 Å². The molecule has 0 radical (unpaired) electrons. The van der Waals surface area contributed by atoms with Gasteiger partial charge in [-0.1, -0.05) is 0 Å². The van der Waals surface area contributed by atoms with Crippen molar-refractivity contribution < 1.29 is 25.6 Å². The summed E-state index contributed by atoms with van der Waals surface area (Å²) >= 11 is 0.